The Morgan fingerprint density at radius 3 is 2.68 bits per heavy atom. The van der Waals surface area contributed by atoms with E-state index in [1.165, 1.54) is 6.33 Å². The number of H-pyrrole nitrogens is 1. The lowest BCUT2D eigenvalue weighted by atomic mass is 10.4. The monoisotopic (exact) mass is 411 g/mol. The minimum Gasteiger partial charge on any atom is -0.369 e. The van der Waals surface area contributed by atoms with E-state index < -0.39 is 7.60 Å². The van der Waals surface area contributed by atoms with Crippen molar-refractivity contribution in [3.63, 3.8) is 0 Å². The second-order valence-corrected chi connectivity index (χ2v) is 8.14. The van der Waals surface area contributed by atoms with E-state index in [1.807, 2.05) is 4.90 Å². The summed E-state index contributed by atoms with van der Waals surface area (Å²) in [5, 5.41) is 0. The molecular weight excluding hydrogens is 385 g/mol. The molecule has 0 saturated heterocycles. The molecule has 0 fully saturated rings. The van der Waals surface area contributed by atoms with Crippen molar-refractivity contribution in [2.45, 2.75) is 20.4 Å². The van der Waals surface area contributed by atoms with E-state index in [4.69, 9.17) is 21.4 Å². The maximum atomic E-state index is 12.7. The predicted octanol–water partition coefficient (Wildman–Crippen LogP) is 1.19. The third kappa shape index (κ3) is 5.87. The Bertz CT molecular complexity index is 910. The second-order valence-electron chi connectivity index (χ2n) is 5.95. The molecule has 0 aliphatic rings. The van der Waals surface area contributed by atoms with Gasteiger partial charge in [-0.3, -0.25) is 19.2 Å². The summed E-state index contributed by atoms with van der Waals surface area (Å²) in [4.78, 5) is 27.9. The van der Waals surface area contributed by atoms with Crippen LogP contribution in [-0.4, -0.2) is 70.0 Å². The van der Waals surface area contributed by atoms with Crippen LogP contribution >= 0.6 is 7.60 Å². The lowest BCUT2D eigenvalue weighted by molar-refractivity contribution is 0.212. The van der Waals surface area contributed by atoms with Crippen LogP contribution in [0.4, 0.5) is 5.95 Å². The molecule has 12 heteroatoms. The Balaban J connectivity index is 2.07. The first kappa shape index (κ1) is 22.0. The van der Waals surface area contributed by atoms with E-state index in [-0.39, 0.29) is 23.2 Å². The quantitative estimate of drug-likeness (QED) is 0.393. The molecule has 0 aliphatic carbocycles. The maximum absolute atomic E-state index is 12.7. The van der Waals surface area contributed by atoms with E-state index in [9.17, 15) is 9.36 Å². The van der Waals surface area contributed by atoms with Crippen molar-refractivity contribution in [3.05, 3.63) is 28.1 Å². The highest BCUT2D eigenvalue weighted by Crippen LogP contribution is 2.47. The molecule has 0 amide bonds. The van der Waals surface area contributed by atoms with Crippen LogP contribution in [0.5, 0.6) is 0 Å². The number of anilines is 1. The molecule has 2 heterocycles. The van der Waals surface area contributed by atoms with Gasteiger partial charge in [-0.25, -0.2) is 11.6 Å². The van der Waals surface area contributed by atoms with Gasteiger partial charge in [-0.1, -0.05) is 0 Å². The predicted molar refractivity (Wildman–Crippen MR) is 106 cm³/mol. The van der Waals surface area contributed by atoms with Gasteiger partial charge in [0.2, 0.25) is 12.5 Å². The smallest absolute Gasteiger partial charge is 0.331 e. The van der Waals surface area contributed by atoms with Crippen LogP contribution in [0.3, 0.4) is 0 Å². The number of nitrogens with zero attached hydrogens (tertiary/aromatic N) is 5. The molecule has 11 nitrogen and oxygen atoms in total. The summed E-state index contributed by atoms with van der Waals surface area (Å²) in [6.07, 6.45) is 1.77. The highest BCUT2D eigenvalue weighted by atomic mass is 31.2. The number of aromatic nitrogens is 4. The normalized spacial score (nSPS) is 11.9. The van der Waals surface area contributed by atoms with Crippen LogP contribution in [-0.2, 0) is 20.2 Å². The van der Waals surface area contributed by atoms with Gasteiger partial charge in [0.05, 0.1) is 32.2 Å². The zero-order valence-corrected chi connectivity index (χ0v) is 17.0. The summed E-state index contributed by atoms with van der Waals surface area (Å²) < 4.78 is 25.1. The van der Waals surface area contributed by atoms with Gasteiger partial charge in [0, 0.05) is 19.6 Å². The fourth-order valence-electron chi connectivity index (χ4n) is 2.73. The standard InChI is InChI=1S/C16H26N7O4P/c1-4-26-28(25,27-5-2)11-10-22(7-6-18-3)8-9-23-12-19-13-14(23)20-16(17)21-15(13)24/h12H,4-11H2,1-2H3,(H3,17,20,21,24). The van der Waals surface area contributed by atoms with Gasteiger partial charge in [-0.15, -0.1) is 0 Å². The summed E-state index contributed by atoms with van der Waals surface area (Å²) >= 11 is 0. The first-order chi connectivity index (χ1) is 13.4. The van der Waals surface area contributed by atoms with Crippen molar-refractivity contribution < 1.29 is 13.6 Å². The largest absolute Gasteiger partial charge is 0.369 e. The highest BCUT2D eigenvalue weighted by molar-refractivity contribution is 7.53. The van der Waals surface area contributed by atoms with E-state index in [1.54, 1.807) is 18.4 Å². The van der Waals surface area contributed by atoms with Gasteiger partial charge >= 0.3 is 7.60 Å². The van der Waals surface area contributed by atoms with E-state index >= 15 is 0 Å². The van der Waals surface area contributed by atoms with Gasteiger partial charge < -0.3 is 24.2 Å². The lowest BCUT2D eigenvalue weighted by Gasteiger charge is -2.23. The average Bonchev–Trinajstić information content (AvgIpc) is 3.04. The number of hydrogen-bond acceptors (Lipinski definition) is 8. The van der Waals surface area contributed by atoms with Crippen molar-refractivity contribution in [2.24, 2.45) is 0 Å². The molecule has 28 heavy (non-hydrogen) atoms. The maximum Gasteiger partial charge on any atom is 0.331 e. The average molecular weight is 411 g/mol. The van der Waals surface area contributed by atoms with Crippen molar-refractivity contribution in [2.75, 3.05) is 51.3 Å². The number of nitrogens with two attached hydrogens (primary N) is 1. The van der Waals surface area contributed by atoms with Crippen LogP contribution in [0.1, 0.15) is 13.8 Å². The first-order valence-corrected chi connectivity index (χ1v) is 10.8. The molecule has 0 aliphatic heterocycles. The molecule has 0 atom stereocenters. The van der Waals surface area contributed by atoms with Crippen LogP contribution in [0.2, 0.25) is 0 Å². The molecule has 2 aromatic heterocycles. The van der Waals surface area contributed by atoms with Crippen LogP contribution in [0, 0.1) is 6.57 Å². The fraction of sp³-hybridized carbons (Fsp3) is 0.625. The third-order valence-electron chi connectivity index (χ3n) is 4.02. The zero-order chi connectivity index (χ0) is 20.6. The Morgan fingerprint density at radius 1 is 1.32 bits per heavy atom. The van der Waals surface area contributed by atoms with E-state index in [0.717, 1.165) is 0 Å². The molecule has 0 spiro atoms. The van der Waals surface area contributed by atoms with Crippen LogP contribution in [0.15, 0.2) is 11.1 Å². The SMILES string of the molecule is [C-]#[N+]CCN(CCn1cnc2c(=O)[nH]c(N)nc21)CCP(=O)(OCC)OCC. The summed E-state index contributed by atoms with van der Waals surface area (Å²) in [6, 6.07) is 0. The Hall–Kier alpha value is -2.25. The Kier molecular flexibility index (Phi) is 8.14. The summed E-state index contributed by atoms with van der Waals surface area (Å²) in [5.41, 5.74) is 5.85. The number of fused-ring (bicyclic) bond motifs is 1. The van der Waals surface area contributed by atoms with Crippen LogP contribution in [0.25, 0.3) is 16.0 Å². The van der Waals surface area contributed by atoms with Crippen molar-refractivity contribution in [1.29, 1.82) is 0 Å². The van der Waals surface area contributed by atoms with Crippen molar-refractivity contribution in [1.82, 2.24) is 24.4 Å². The molecule has 3 N–H and O–H groups in total. The number of nitrogens with one attached hydrogen (secondary N) is 1. The number of rotatable bonds is 12. The second kappa shape index (κ2) is 10.3. The summed E-state index contributed by atoms with van der Waals surface area (Å²) in [5.74, 6) is 0.0264. The third-order valence-corrected chi connectivity index (χ3v) is 6.07. The molecule has 2 rings (SSSR count). The molecule has 0 unspecified atom stereocenters. The van der Waals surface area contributed by atoms with Gasteiger partial charge in [0.25, 0.3) is 5.56 Å². The number of nitrogen functional groups attached to an aromatic ring is 1. The van der Waals surface area contributed by atoms with Crippen molar-refractivity contribution in [3.8, 4) is 0 Å². The Morgan fingerprint density at radius 2 is 2.04 bits per heavy atom. The lowest BCUT2D eigenvalue weighted by Crippen LogP contribution is -2.32. The fourth-order valence-corrected chi connectivity index (χ4v) is 4.38. The topological polar surface area (TPSA) is 133 Å². The number of hydrogen-bond donors (Lipinski definition) is 2. The zero-order valence-electron chi connectivity index (χ0n) is 16.1. The van der Waals surface area contributed by atoms with Gasteiger partial charge in [-0.2, -0.15) is 4.98 Å². The minimum absolute atomic E-state index is 0.0264. The summed E-state index contributed by atoms with van der Waals surface area (Å²) in [6.45, 7) is 13.5. The van der Waals surface area contributed by atoms with Crippen LogP contribution < -0.4 is 11.3 Å². The van der Waals surface area contributed by atoms with Gasteiger partial charge in [0.15, 0.2) is 11.2 Å². The molecule has 0 saturated carbocycles. The molecule has 0 aromatic carbocycles. The van der Waals surface area contributed by atoms with E-state index in [2.05, 4.69) is 19.8 Å². The minimum atomic E-state index is -3.15. The molecular formula is C16H26N7O4P. The van der Waals surface area contributed by atoms with E-state index in [0.29, 0.717) is 51.6 Å². The molecule has 0 radical (unpaired) electrons. The highest BCUT2D eigenvalue weighted by Gasteiger charge is 2.24. The number of imidazole rings is 1. The first-order valence-electron chi connectivity index (χ1n) is 9.06. The van der Waals surface area contributed by atoms with Gasteiger partial charge in [0.1, 0.15) is 0 Å². The summed E-state index contributed by atoms with van der Waals surface area (Å²) in [7, 11) is -3.15. The Labute approximate surface area is 163 Å². The molecule has 0 bridgehead atoms. The van der Waals surface area contributed by atoms with Crippen molar-refractivity contribution >= 4 is 24.7 Å². The molecule has 154 valence electrons. The van der Waals surface area contributed by atoms with Gasteiger partial charge in [-0.05, 0) is 13.8 Å². The number of aromatic amines is 1. The molecule has 2 aromatic rings.